The van der Waals surface area contributed by atoms with Gasteiger partial charge in [-0.3, -0.25) is 0 Å². The van der Waals surface area contributed by atoms with Crippen molar-refractivity contribution in [3.8, 4) is 0 Å². The fourth-order valence-corrected chi connectivity index (χ4v) is 2.53. The normalized spacial score (nSPS) is 22.2. The zero-order valence-electron chi connectivity index (χ0n) is 7.14. The summed E-state index contributed by atoms with van der Waals surface area (Å²) in [7, 11) is 0. The van der Waals surface area contributed by atoms with Gasteiger partial charge in [-0.15, -0.1) is 11.3 Å². The molecular formula is C9H11NO2S. The molecule has 0 saturated carbocycles. The molecule has 2 heterocycles. The lowest BCUT2D eigenvalue weighted by Gasteiger charge is -2.21. The van der Waals surface area contributed by atoms with Crippen molar-refractivity contribution in [2.45, 2.75) is 18.9 Å². The largest absolute Gasteiger partial charge is 0.480 e. The standard InChI is InChI=1S/C9H11NO2S/c11-9(12)7-3-1-5-10(7)8-4-2-6-13-8/h2,4,6-7H,1,3,5H2,(H,11,12). The number of carboxylic acid groups (broad SMARTS) is 1. The summed E-state index contributed by atoms with van der Waals surface area (Å²) < 4.78 is 0. The molecule has 13 heavy (non-hydrogen) atoms. The van der Waals surface area contributed by atoms with Crippen molar-refractivity contribution in [2.75, 3.05) is 11.4 Å². The average Bonchev–Trinajstić information content (AvgIpc) is 2.74. The van der Waals surface area contributed by atoms with Gasteiger partial charge < -0.3 is 10.0 Å². The van der Waals surface area contributed by atoms with E-state index in [1.807, 2.05) is 22.4 Å². The van der Waals surface area contributed by atoms with Gasteiger partial charge in [-0.05, 0) is 30.4 Å². The maximum absolute atomic E-state index is 10.9. The molecule has 0 aromatic carbocycles. The van der Waals surface area contributed by atoms with Crippen LogP contribution in [0.25, 0.3) is 0 Å². The molecule has 1 unspecified atom stereocenters. The van der Waals surface area contributed by atoms with Gasteiger partial charge in [-0.2, -0.15) is 0 Å². The Labute approximate surface area is 80.6 Å². The van der Waals surface area contributed by atoms with Crippen LogP contribution < -0.4 is 4.90 Å². The summed E-state index contributed by atoms with van der Waals surface area (Å²) in [5.41, 5.74) is 0. The summed E-state index contributed by atoms with van der Waals surface area (Å²) in [6.45, 7) is 0.872. The van der Waals surface area contributed by atoms with E-state index in [9.17, 15) is 4.79 Å². The van der Waals surface area contributed by atoms with Crippen LogP contribution >= 0.6 is 11.3 Å². The summed E-state index contributed by atoms with van der Waals surface area (Å²) in [6.07, 6.45) is 1.75. The SMILES string of the molecule is O=C(O)C1CCCN1c1cccs1. The van der Waals surface area contributed by atoms with Crippen molar-refractivity contribution >= 4 is 22.3 Å². The van der Waals surface area contributed by atoms with Crippen LogP contribution in [-0.2, 0) is 4.79 Å². The van der Waals surface area contributed by atoms with Gasteiger partial charge >= 0.3 is 5.97 Å². The van der Waals surface area contributed by atoms with E-state index in [2.05, 4.69) is 0 Å². The molecule has 2 rings (SSSR count). The maximum Gasteiger partial charge on any atom is 0.326 e. The Kier molecular flexibility index (Phi) is 2.22. The van der Waals surface area contributed by atoms with E-state index >= 15 is 0 Å². The Morgan fingerprint density at radius 1 is 1.69 bits per heavy atom. The average molecular weight is 197 g/mol. The second-order valence-corrected chi connectivity index (χ2v) is 4.07. The predicted molar refractivity (Wildman–Crippen MR) is 52.3 cm³/mol. The lowest BCUT2D eigenvalue weighted by Crippen LogP contribution is -2.35. The third-order valence-electron chi connectivity index (χ3n) is 2.33. The van der Waals surface area contributed by atoms with Gasteiger partial charge in [0.2, 0.25) is 0 Å². The van der Waals surface area contributed by atoms with Crippen LogP contribution in [0.15, 0.2) is 17.5 Å². The highest BCUT2D eigenvalue weighted by Gasteiger charge is 2.30. The zero-order valence-corrected chi connectivity index (χ0v) is 7.96. The number of nitrogens with zero attached hydrogens (tertiary/aromatic N) is 1. The van der Waals surface area contributed by atoms with Gasteiger partial charge in [-0.25, -0.2) is 4.79 Å². The number of hydrogen-bond acceptors (Lipinski definition) is 3. The molecule has 0 radical (unpaired) electrons. The van der Waals surface area contributed by atoms with Crippen LogP contribution in [0.5, 0.6) is 0 Å². The van der Waals surface area contributed by atoms with E-state index in [-0.39, 0.29) is 6.04 Å². The van der Waals surface area contributed by atoms with Crippen LogP contribution in [0.1, 0.15) is 12.8 Å². The molecule has 4 heteroatoms. The Hall–Kier alpha value is -1.03. The number of thiophene rings is 1. The molecule has 1 aromatic rings. The zero-order chi connectivity index (χ0) is 9.26. The summed E-state index contributed by atoms with van der Waals surface area (Å²) in [5, 5.41) is 12.0. The van der Waals surface area contributed by atoms with Gasteiger partial charge in [0, 0.05) is 6.54 Å². The molecule has 1 atom stereocenters. The Morgan fingerprint density at radius 2 is 2.54 bits per heavy atom. The molecule has 1 fully saturated rings. The fourth-order valence-electron chi connectivity index (χ4n) is 1.72. The van der Waals surface area contributed by atoms with Crippen molar-refractivity contribution in [3.05, 3.63) is 17.5 Å². The van der Waals surface area contributed by atoms with E-state index < -0.39 is 5.97 Å². The Morgan fingerprint density at radius 3 is 3.15 bits per heavy atom. The van der Waals surface area contributed by atoms with Crippen LogP contribution in [0, 0.1) is 0 Å². The van der Waals surface area contributed by atoms with E-state index in [4.69, 9.17) is 5.11 Å². The van der Waals surface area contributed by atoms with Crippen molar-refractivity contribution in [3.63, 3.8) is 0 Å². The first-order chi connectivity index (χ1) is 6.29. The molecular weight excluding hydrogens is 186 g/mol. The predicted octanol–water partition coefficient (Wildman–Crippen LogP) is 1.80. The van der Waals surface area contributed by atoms with Gasteiger partial charge in [-0.1, -0.05) is 0 Å². The summed E-state index contributed by atoms with van der Waals surface area (Å²) >= 11 is 1.60. The lowest BCUT2D eigenvalue weighted by molar-refractivity contribution is -0.138. The van der Waals surface area contributed by atoms with E-state index in [1.54, 1.807) is 11.3 Å². The first kappa shape index (κ1) is 8.56. The van der Waals surface area contributed by atoms with Crippen molar-refractivity contribution in [1.29, 1.82) is 0 Å². The van der Waals surface area contributed by atoms with Crippen LogP contribution in [0.2, 0.25) is 0 Å². The molecule has 1 saturated heterocycles. The van der Waals surface area contributed by atoms with Crippen molar-refractivity contribution in [1.82, 2.24) is 0 Å². The van der Waals surface area contributed by atoms with Crippen LogP contribution in [-0.4, -0.2) is 23.7 Å². The number of rotatable bonds is 2. The second kappa shape index (κ2) is 3.38. The van der Waals surface area contributed by atoms with Gasteiger partial charge in [0.15, 0.2) is 0 Å². The van der Waals surface area contributed by atoms with Crippen LogP contribution in [0.3, 0.4) is 0 Å². The van der Waals surface area contributed by atoms with Crippen molar-refractivity contribution in [2.24, 2.45) is 0 Å². The third kappa shape index (κ3) is 1.54. The van der Waals surface area contributed by atoms with Crippen LogP contribution in [0.4, 0.5) is 5.00 Å². The molecule has 0 amide bonds. The van der Waals surface area contributed by atoms with E-state index in [0.29, 0.717) is 0 Å². The number of anilines is 1. The highest BCUT2D eigenvalue weighted by molar-refractivity contribution is 7.14. The number of aliphatic carboxylic acids is 1. The molecule has 0 aliphatic carbocycles. The fraction of sp³-hybridized carbons (Fsp3) is 0.444. The highest BCUT2D eigenvalue weighted by Crippen LogP contribution is 2.29. The molecule has 0 spiro atoms. The Bertz CT molecular complexity index is 297. The maximum atomic E-state index is 10.9. The second-order valence-electron chi connectivity index (χ2n) is 3.14. The Balaban J connectivity index is 2.19. The van der Waals surface area contributed by atoms with Gasteiger partial charge in [0.05, 0.1) is 5.00 Å². The topological polar surface area (TPSA) is 40.5 Å². The summed E-state index contributed by atoms with van der Waals surface area (Å²) in [5.74, 6) is -0.703. The van der Waals surface area contributed by atoms with E-state index in [0.717, 1.165) is 24.4 Å². The molecule has 1 aliphatic heterocycles. The first-order valence-corrected chi connectivity index (χ1v) is 5.20. The highest BCUT2D eigenvalue weighted by atomic mass is 32.1. The minimum absolute atomic E-state index is 0.307. The summed E-state index contributed by atoms with van der Waals surface area (Å²) in [4.78, 5) is 12.8. The first-order valence-electron chi connectivity index (χ1n) is 4.32. The lowest BCUT2D eigenvalue weighted by atomic mass is 10.2. The molecule has 70 valence electrons. The summed E-state index contributed by atoms with van der Waals surface area (Å²) in [6, 6.07) is 3.63. The quantitative estimate of drug-likeness (QED) is 0.786. The molecule has 1 aliphatic rings. The molecule has 1 aromatic heterocycles. The minimum Gasteiger partial charge on any atom is -0.480 e. The number of carboxylic acids is 1. The number of hydrogen-bond donors (Lipinski definition) is 1. The molecule has 0 bridgehead atoms. The monoisotopic (exact) mass is 197 g/mol. The minimum atomic E-state index is -0.703. The van der Waals surface area contributed by atoms with Gasteiger partial charge in [0.25, 0.3) is 0 Å². The third-order valence-corrected chi connectivity index (χ3v) is 3.23. The van der Waals surface area contributed by atoms with Crippen molar-refractivity contribution < 1.29 is 9.90 Å². The molecule has 3 nitrogen and oxygen atoms in total. The van der Waals surface area contributed by atoms with E-state index in [1.165, 1.54) is 0 Å². The number of carbonyl (C=O) groups is 1. The van der Waals surface area contributed by atoms with Gasteiger partial charge in [0.1, 0.15) is 6.04 Å². The smallest absolute Gasteiger partial charge is 0.326 e. The molecule has 1 N–H and O–H groups in total.